The lowest BCUT2D eigenvalue weighted by atomic mass is 10.1. The highest BCUT2D eigenvalue weighted by Gasteiger charge is 2.05. The van der Waals surface area contributed by atoms with Crippen LogP contribution in [-0.2, 0) is 4.79 Å². The molecule has 3 heteroatoms. The van der Waals surface area contributed by atoms with Crippen LogP contribution < -0.4 is 5.32 Å². The third-order valence-corrected chi connectivity index (χ3v) is 1.60. The molecule has 0 aliphatic carbocycles. The Morgan fingerprint density at radius 2 is 2.20 bits per heavy atom. The van der Waals surface area contributed by atoms with Crippen molar-refractivity contribution in [1.82, 2.24) is 0 Å². The smallest absolute Gasteiger partial charge is 0.211 e. The van der Waals surface area contributed by atoms with Gasteiger partial charge in [0, 0.05) is 11.3 Å². The van der Waals surface area contributed by atoms with Gasteiger partial charge in [-0.15, -0.1) is 0 Å². The first-order chi connectivity index (χ1) is 7.01. The molecule has 0 spiro atoms. The largest absolute Gasteiger partial charge is 0.378 e. The standard InChI is InChI=1S/C12H13NO2/c1-12(2,15)7-6-10-4-3-5-11(8-10)13-9-14/h3-5,8-9,15H,1-2H3,(H,13,14). The molecule has 0 unspecified atom stereocenters. The van der Waals surface area contributed by atoms with Crippen LogP contribution in [0.2, 0.25) is 0 Å². The molecule has 0 atom stereocenters. The fourth-order valence-corrected chi connectivity index (χ4v) is 0.980. The molecule has 0 bridgehead atoms. The quantitative estimate of drug-likeness (QED) is 0.563. The van der Waals surface area contributed by atoms with Crippen LogP contribution in [0.25, 0.3) is 0 Å². The van der Waals surface area contributed by atoms with Crippen molar-refractivity contribution in [3.8, 4) is 11.8 Å². The summed E-state index contributed by atoms with van der Waals surface area (Å²) in [6, 6.07) is 7.12. The molecule has 1 amide bonds. The molecule has 0 radical (unpaired) electrons. The predicted octanol–water partition coefficient (Wildman–Crippen LogP) is 1.38. The van der Waals surface area contributed by atoms with Crippen molar-refractivity contribution in [2.75, 3.05) is 5.32 Å². The van der Waals surface area contributed by atoms with E-state index in [1.807, 2.05) is 6.07 Å². The minimum Gasteiger partial charge on any atom is -0.378 e. The summed E-state index contributed by atoms with van der Waals surface area (Å²) in [6.45, 7) is 3.24. The molecule has 3 nitrogen and oxygen atoms in total. The van der Waals surface area contributed by atoms with E-state index in [0.29, 0.717) is 12.1 Å². The maximum atomic E-state index is 10.2. The molecule has 78 valence electrons. The van der Waals surface area contributed by atoms with Crippen molar-refractivity contribution in [1.29, 1.82) is 0 Å². The van der Waals surface area contributed by atoms with E-state index in [0.717, 1.165) is 5.56 Å². The molecule has 1 aromatic carbocycles. The van der Waals surface area contributed by atoms with Crippen molar-refractivity contribution in [2.45, 2.75) is 19.4 Å². The van der Waals surface area contributed by atoms with Gasteiger partial charge in [0.25, 0.3) is 0 Å². The first kappa shape index (κ1) is 11.3. The lowest BCUT2D eigenvalue weighted by Gasteiger charge is -2.06. The van der Waals surface area contributed by atoms with Gasteiger partial charge in [0.2, 0.25) is 6.41 Å². The number of amides is 1. The highest BCUT2D eigenvalue weighted by molar-refractivity contribution is 5.71. The molecule has 0 heterocycles. The monoisotopic (exact) mass is 203 g/mol. The number of nitrogens with one attached hydrogen (secondary N) is 1. The van der Waals surface area contributed by atoms with Crippen LogP contribution in [0.3, 0.4) is 0 Å². The Kier molecular flexibility index (Phi) is 3.48. The van der Waals surface area contributed by atoms with E-state index in [2.05, 4.69) is 17.2 Å². The summed E-state index contributed by atoms with van der Waals surface area (Å²) >= 11 is 0. The summed E-state index contributed by atoms with van der Waals surface area (Å²) in [5.74, 6) is 5.52. The number of carbonyl (C=O) groups is 1. The molecule has 1 rings (SSSR count). The van der Waals surface area contributed by atoms with Crippen LogP contribution in [0.4, 0.5) is 5.69 Å². The van der Waals surface area contributed by atoms with Crippen molar-refractivity contribution >= 4 is 12.1 Å². The predicted molar refractivity (Wildman–Crippen MR) is 59.3 cm³/mol. The Balaban J connectivity index is 2.90. The highest BCUT2D eigenvalue weighted by Crippen LogP contribution is 2.09. The average molecular weight is 203 g/mol. The van der Waals surface area contributed by atoms with E-state index in [1.54, 1.807) is 32.0 Å². The van der Waals surface area contributed by atoms with Gasteiger partial charge in [0.15, 0.2) is 0 Å². The molecular weight excluding hydrogens is 190 g/mol. The number of carbonyl (C=O) groups excluding carboxylic acids is 1. The van der Waals surface area contributed by atoms with Gasteiger partial charge in [-0.1, -0.05) is 17.9 Å². The fraction of sp³-hybridized carbons (Fsp3) is 0.250. The van der Waals surface area contributed by atoms with E-state index in [-0.39, 0.29) is 0 Å². The second-order valence-corrected chi connectivity index (χ2v) is 3.65. The Labute approximate surface area is 89.1 Å². The summed E-state index contributed by atoms with van der Waals surface area (Å²) < 4.78 is 0. The normalized spacial score (nSPS) is 10.1. The van der Waals surface area contributed by atoms with Gasteiger partial charge >= 0.3 is 0 Å². The van der Waals surface area contributed by atoms with E-state index in [4.69, 9.17) is 0 Å². The number of rotatable bonds is 2. The Morgan fingerprint density at radius 1 is 1.47 bits per heavy atom. The zero-order chi connectivity index (χ0) is 11.3. The first-order valence-electron chi connectivity index (χ1n) is 4.57. The molecule has 0 aromatic heterocycles. The lowest BCUT2D eigenvalue weighted by molar-refractivity contribution is -0.105. The van der Waals surface area contributed by atoms with Crippen molar-refractivity contribution in [3.63, 3.8) is 0 Å². The van der Waals surface area contributed by atoms with Gasteiger partial charge < -0.3 is 10.4 Å². The van der Waals surface area contributed by atoms with Crippen molar-refractivity contribution in [2.24, 2.45) is 0 Å². The van der Waals surface area contributed by atoms with Gasteiger partial charge in [0.1, 0.15) is 5.60 Å². The van der Waals surface area contributed by atoms with Gasteiger partial charge in [0.05, 0.1) is 0 Å². The van der Waals surface area contributed by atoms with Crippen molar-refractivity contribution < 1.29 is 9.90 Å². The Hall–Kier alpha value is -1.79. The van der Waals surface area contributed by atoms with Gasteiger partial charge in [-0.2, -0.15) is 0 Å². The summed E-state index contributed by atoms with van der Waals surface area (Å²) in [5, 5.41) is 11.9. The third-order valence-electron chi connectivity index (χ3n) is 1.60. The highest BCUT2D eigenvalue weighted by atomic mass is 16.3. The Morgan fingerprint density at radius 3 is 2.80 bits per heavy atom. The molecule has 0 aliphatic rings. The molecular formula is C12H13NO2. The van der Waals surface area contributed by atoms with Crippen LogP contribution in [-0.4, -0.2) is 17.1 Å². The van der Waals surface area contributed by atoms with E-state index in [1.165, 1.54) is 0 Å². The summed E-state index contributed by atoms with van der Waals surface area (Å²) in [7, 11) is 0. The minimum absolute atomic E-state index is 0.614. The SMILES string of the molecule is CC(C)(O)C#Cc1cccc(NC=O)c1. The molecule has 0 aliphatic heterocycles. The van der Waals surface area contributed by atoms with Gasteiger partial charge in [-0.25, -0.2) is 0 Å². The van der Waals surface area contributed by atoms with Crippen LogP contribution in [0.5, 0.6) is 0 Å². The minimum atomic E-state index is -1.01. The molecule has 0 fully saturated rings. The van der Waals surface area contributed by atoms with Gasteiger partial charge in [-0.3, -0.25) is 4.79 Å². The van der Waals surface area contributed by atoms with Crippen LogP contribution in [0.15, 0.2) is 24.3 Å². The average Bonchev–Trinajstić information content (AvgIpc) is 2.15. The third kappa shape index (κ3) is 4.30. The molecule has 15 heavy (non-hydrogen) atoms. The molecule has 0 saturated heterocycles. The number of anilines is 1. The zero-order valence-electron chi connectivity index (χ0n) is 8.74. The number of hydrogen-bond acceptors (Lipinski definition) is 2. The summed E-state index contributed by atoms with van der Waals surface area (Å²) in [4.78, 5) is 10.2. The molecule has 1 aromatic rings. The fourth-order valence-electron chi connectivity index (χ4n) is 0.980. The second kappa shape index (κ2) is 4.63. The van der Waals surface area contributed by atoms with Crippen LogP contribution >= 0.6 is 0 Å². The maximum Gasteiger partial charge on any atom is 0.211 e. The zero-order valence-corrected chi connectivity index (χ0v) is 8.74. The maximum absolute atomic E-state index is 10.2. The number of benzene rings is 1. The van der Waals surface area contributed by atoms with E-state index >= 15 is 0 Å². The second-order valence-electron chi connectivity index (χ2n) is 3.65. The van der Waals surface area contributed by atoms with Crippen LogP contribution in [0.1, 0.15) is 19.4 Å². The van der Waals surface area contributed by atoms with Crippen molar-refractivity contribution in [3.05, 3.63) is 29.8 Å². The number of hydrogen-bond donors (Lipinski definition) is 2. The molecule has 2 N–H and O–H groups in total. The lowest BCUT2D eigenvalue weighted by Crippen LogP contribution is -2.14. The van der Waals surface area contributed by atoms with Gasteiger partial charge in [-0.05, 0) is 32.0 Å². The first-order valence-corrected chi connectivity index (χ1v) is 4.57. The summed E-state index contributed by atoms with van der Waals surface area (Å²) in [6.07, 6.45) is 0.614. The van der Waals surface area contributed by atoms with E-state index in [9.17, 15) is 9.90 Å². The van der Waals surface area contributed by atoms with E-state index < -0.39 is 5.60 Å². The molecule has 0 saturated carbocycles. The van der Waals surface area contributed by atoms with Crippen LogP contribution in [0, 0.1) is 11.8 Å². The topological polar surface area (TPSA) is 49.3 Å². The Bertz CT molecular complexity index is 408. The number of aliphatic hydroxyl groups is 1. The summed E-state index contributed by atoms with van der Waals surface area (Å²) in [5.41, 5.74) is 0.435.